The van der Waals surface area contributed by atoms with Crippen LogP contribution in [0, 0.1) is 5.41 Å². The Labute approximate surface area is 136 Å². The van der Waals surface area contributed by atoms with Crippen molar-refractivity contribution in [1.29, 1.82) is 0 Å². The molecule has 0 saturated carbocycles. The van der Waals surface area contributed by atoms with Crippen molar-refractivity contribution in [2.45, 2.75) is 72.6 Å². The number of unbranched alkanes of at least 4 members (excludes halogenated alkanes) is 4. The minimum Gasteiger partial charge on any atom is -0.352 e. The Balaban J connectivity index is 2.32. The second-order valence-corrected chi connectivity index (χ2v) is 7.43. The molecule has 2 nitrogen and oxygen atoms in total. The Morgan fingerprint density at radius 2 is 1.64 bits per heavy atom. The van der Waals surface area contributed by atoms with Gasteiger partial charge in [0.25, 0.3) is 5.91 Å². The lowest BCUT2D eigenvalue weighted by Gasteiger charge is -2.18. The van der Waals surface area contributed by atoms with Crippen LogP contribution in [0.15, 0.2) is 24.3 Å². The normalized spacial score (nSPS) is 11.5. The molecule has 0 aliphatic rings. The smallest absolute Gasteiger partial charge is 0.251 e. The molecule has 0 heterocycles. The molecule has 0 fully saturated rings. The van der Waals surface area contributed by atoms with Crippen LogP contribution in [0.1, 0.15) is 82.1 Å². The van der Waals surface area contributed by atoms with Gasteiger partial charge in [0.15, 0.2) is 0 Å². The predicted octanol–water partition coefficient (Wildman–Crippen LogP) is 5.37. The summed E-state index contributed by atoms with van der Waals surface area (Å²) in [5.41, 5.74) is 2.36. The van der Waals surface area contributed by atoms with Crippen LogP contribution in [0.5, 0.6) is 0 Å². The summed E-state index contributed by atoms with van der Waals surface area (Å²) in [5.74, 6) is 0.0405. The molecule has 0 aromatic heterocycles. The molecular formula is C20H33NO. The molecule has 0 saturated heterocycles. The van der Waals surface area contributed by atoms with E-state index in [0.717, 1.165) is 24.9 Å². The van der Waals surface area contributed by atoms with Crippen LogP contribution in [0.4, 0.5) is 0 Å². The molecule has 0 radical (unpaired) electrons. The van der Waals surface area contributed by atoms with E-state index in [1.165, 1.54) is 37.7 Å². The molecule has 1 aromatic rings. The Morgan fingerprint density at radius 3 is 2.23 bits per heavy atom. The fourth-order valence-corrected chi connectivity index (χ4v) is 2.41. The highest BCUT2D eigenvalue weighted by atomic mass is 16.1. The number of carbonyl (C=O) groups is 1. The summed E-state index contributed by atoms with van der Waals surface area (Å²) in [6.45, 7) is 9.55. The number of hydrogen-bond donors (Lipinski definition) is 1. The van der Waals surface area contributed by atoms with Crippen molar-refractivity contribution in [3.8, 4) is 0 Å². The first-order valence-corrected chi connectivity index (χ1v) is 8.79. The van der Waals surface area contributed by atoms with Gasteiger partial charge in [0.05, 0.1) is 0 Å². The van der Waals surface area contributed by atoms with E-state index in [9.17, 15) is 4.79 Å². The number of aryl methyl sites for hydroxylation is 1. The van der Waals surface area contributed by atoms with Crippen molar-refractivity contribution in [2.24, 2.45) is 5.41 Å². The van der Waals surface area contributed by atoms with Crippen LogP contribution in [-0.4, -0.2) is 12.5 Å². The Bertz CT molecular complexity index is 428. The van der Waals surface area contributed by atoms with Crippen molar-refractivity contribution in [2.75, 3.05) is 6.54 Å². The van der Waals surface area contributed by atoms with Crippen LogP contribution in [0.2, 0.25) is 0 Å². The quantitative estimate of drug-likeness (QED) is 0.611. The van der Waals surface area contributed by atoms with Crippen molar-refractivity contribution in [3.63, 3.8) is 0 Å². The second kappa shape index (κ2) is 9.66. The molecule has 2 heteroatoms. The highest BCUT2D eigenvalue weighted by Crippen LogP contribution is 2.17. The highest BCUT2D eigenvalue weighted by molar-refractivity contribution is 5.94. The zero-order valence-electron chi connectivity index (χ0n) is 14.9. The standard InChI is InChI=1S/C20H33NO/c1-5-6-7-8-9-10-17-11-13-18(14-12-17)19(22)21-16-15-20(2,3)4/h11-14H,5-10,15-16H2,1-4H3,(H,21,22). The minimum absolute atomic E-state index is 0.0405. The average molecular weight is 303 g/mol. The lowest BCUT2D eigenvalue weighted by atomic mass is 9.92. The summed E-state index contributed by atoms with van der Waals surface area (Å²) in [7, 11) is 0. The molecule has 22 heavy (non-hydrogen) atoms. The van der Waals surface area contributed by atoms with Gasteiger partial charge in [-0.3, -0.25) is 4.79 Å². The summed E-state index contributed by atoms with van der Waals surface area (Å²) in [6.07, 6.45) is 8.64. The van der Waals surface area contributed by atoms with E-state index in [4.69, 9.17) is 0 Å². The van der Waals surface area contributed by atoms with E-state index in [2.05, 4.69) is 45.1 Å². The van der Waals surface area contributed by atoms with Crippen LogP contribution in [0.3, 0.4) is 0 Å². The van der Waals surface area contributed by atoms with Gasteiger partial charge in [-0.1, -0.05) is 65.5 Å². The number of benzene rings is 1. The maximum absolute atomic E-state index is 12.1. The maximum Gasteiger partial charge on any atom is 0.251 e. The summed E-state index contributed by atoms with van der Waals surface area (Å²) in [5, 5.41) is 3.00. The van der Waals surface area contributed by atoms with Gasteiger partial charge in [-0.15, -0.1) is 0 Å². The lowest BCUT2D eigenvalue weighted by molar-refractivity contribution is 0.0949. The first-order chi connectivity index (χ1) is 10.4. The van der Waals surface area contributed by atoms with Crippen molar-refractivity contribution >= 4 is 5.91 Å². The lowest BCUT2D eigenvalue weighted by Crippen LogP contribution is -2.27. The molecule has 0 atom stereocenters. The third-order valence-corrected chi connectivity index (χ3v) is 3.95. The molecule has 124 valence electrons. The largest absolute Gasteiger partial charge is 0.352 e. The van der Waals surface area contributed by atoms with Gasteiger partial charge in [-0.25, -0.2) is 0 Å². The second-order valence-electron chi connectivity index (χ2n) is 7.43. The number of hydrogen-bond acceptors (Lipinski definition) is 1. The van der Waals surface area contributed by atoms with E-state index >= 15 is 0 Å². The third-order valence-electron chi connectivity index (χ3n) is 3.95. The van der Waals surface area contributed by atoms with Crippen LogP contribution in [0.25, 0.3) is 0 Å². The predicted molar refractivity (Wildman–Crippen MR) is 95.3 cm³/mol. The number of carbonyl (C=O) groups excluding carboxylic acids is 1. The fourth-order valence-electron chi connectivity index (χ4n) is 2.41. The topological polar surface area (TPSA) is 29.1 Å². The number of amides is 1. The molecule has 0 bridgehead atoms. The average Bonchev–Trinajstić information content (AvgIpc) is 2.46. The van der Waals surface area contributed by atoms with E-state index in [1.807, 2.05) is 12.1 Å². The summed E-state index contributed by atoms with van der Waals surface area (Å²) in [6, 6.07) is 8.10. The van der Waals surface area contributed by atoms with Gasteiger partial charge in [0.1, 0.15) is 0 Å². The van der Waals surface area contributed by atoms with E-state index in [-0.39, 0.29) is 11.3 Å². The van der Waals surface area contributed by atoms with Crippen LogP contribution in [-0.2, 0) is 6.42 Å². The van der Waals surface area contributed by atoms with Crippen LogP contribution < -0.4 is 5.32 Å². The molecule has 1 N–H and O–H groups in total. The zero-order chi connectivity index (χ0) is 16.4. The van der Waals surface area contributed by atoms with Gasteiger partial charge in [0.2, 0.25) is 0 Å². The number of nitrogens with one attached hydrogen (secondary N) is 1. The third kappa shape index (κ3) is 8.21. The molecule has 0 aliphatic heterocycles. The number of rotatable bonds is 9. The molecule has 1 aromatic carbocycles. The van der Waals surface area contributed by atoms with Crippen LogP contribution >= 0.6 is 0 Å². The zero-order valence-corrected chi connectivity index (χ0v) is 14.9. The molecular weight excluding hydrogens is 270 g/mol. The molecule has 1 amide bonds. The molecule has 0 aliphatic carbocycles. The van der Waals surface area contributed by atoms with E-state index in [1.54, 1.807) is 0 Å². The first-order valence-electron chi connectivity index (χ1n) is 8.79. The molecule has 1 rings (SSSR count). The van der Waals surface area contributed by atoms with E-state index in [0.29, 0.717) is 0 Å². The van der Waals surface area contributed by atoms with E-state index < -0.39 is 0 Å². The maximum atomic E-state index is 12.1. The summed E-state index contributed by atoms with van der Waals surface area (Å²) < 4.78 is 0. The first kappa shape index (κ1) is 18.7. The molecule has 0 spiro atoms. The fraction of sp³-hybridized carbons (Fsp3) is 0.650. The van der Waals surface area contributed by atoms with Crippen molar-refractivity contribution < 1.29 is 4.79 Å². The van der Waals surface area contributed by atoms with Crippen molar-refractivity contribution in [1.82, 2.24) is 5.32 Å². The van der Waals surface area contributed by atoms with Gasteiger partial charge in [-0.05, 0) is 42.4 Å². The summed E-state index contributed by atoms with van der Waals surface area (Å²) in [4.78, 5) is 12.1. The van der Waals surface area contributed by atoms with Gasteiger partial charge in [-0.2, -0.15) is 0 Å². The highest BCUT2D eigenvalue weighted by Gasteiger charge is 2.11. The Kier molecular flexibility index (Phi) is 8.22. The molecule has 0 unspecified atom stereocenters. The van der Waals surface area contributed by atoms with Gasteiger partial charge >= 0.3 is 0 Å². The minimum atomic E-state index is 0.0405. The Morgan fingerprint density at radius 1 is 1.00 bits per heavy atom. The van der Waals surface area contributed by atoms with Gasteiger partial charge < -0.3 is 5.32 Å². The Hall–Kier alpha value is -1.31. The summed E-state index contributed by atoms with van der Waals surface area (Å²) >= 11 is 0. The van der Waals surface area contributed by atoms with Gasteiger partial charge in [0, 0.05) is 12.1 Å². The monoisotopic (exact) mass is 303 g/mol. The van der Waals surface area contributed by atoms with Crippen molar-refractivity contribution in [3.05, 3.63) is 35.4 Å². The SMILES string of the molecule is CCCCCCCc1ccc(C(=O)NCCC(C)(C)C)cc1.